The van der Waals surface area contributed by atoms with Gasteiger partial charge in [-0.05, 0) is 37.4 Å². The molecule has 0 radical (unpaired) electrons. The highest BCUT2D eigenvalue weighted by molar-refractivity contribution is 14.0. The van der Waals surface area contributed by atoms with Gasteiger partial charge in [-0.3, -0.25) is 4.99 Å². The van der Waals surface area contributed by atoms with Gasteiger partial charge in [-0.1, -0.05) is 13.8 Å². The Morgan fingerprint density at radius 1 is 1.39 bits per heavy atom. The van der Waals surface area contributed by atoms with E-state index >= 15 is 0 Å². The van der Waals surface area contributed by atoms with Crippen LogP contribution in [-0.4, -0.2) is 37.1 Å². The highest BCUT2D eigenvalue weighted by Gasteiger charge is 2.15. The summed E-state index contributed by atoms with van der Waals surface area (Å²) in [6.07, 6.45) is 5.22. The van der Waals surface area contributed by atoms with Crippen LogP contribution in [0.3, 0.4) is 0 Å². The monoisotopic (exact) mass is 385 g/mol. The second kappa shape index (κ2) is 11.2. The summed E-state index contributed by atoms with van der Waals surface area (Å²) in [7, 11) is 1.85. The van der Waals surface area contributed by atoms with E-state index in [2.05, 4.69) is 41.2 Å². The molecule has 2 N–H and O–H groups in total. The Morgan fingerprint density at radius 2 is 2.17 bits per heavy atom. The molecule has 1 fully saturated rings. The molecule has 18 heavy (non-hydrogen) atoms. The van der Waals surface area contributed by atoms with Crippen molar-refractivity contribution in [3.05, 3.63) is 0 Å². The van der Waals surface area contributed by atoms with Gasteiger partial charge in [0.1, 0.15) is 0 Å². The Balaban J connectivity index is 0.00000289. The van der Waals surface area contributed by atoms with Crippen LogP contribution >= 0.6 is 35.7 Å². The van der Waals surface area contributed by atoms with Gasteiger partial charge in [0.25, 0.3) is 0 Å². The van der Waals surface area contributed by atoms with Gasteiger partial charge < -0.3 is 10.6 Å². The Labute approximate surface area is 133 Å². The zero-order valence-corrected chi connectivity index (χ0v) is 15.0. The van der Waals surface area contributed by atoms with Crippen LogP contribution in [0.15, 0.2) is 4.99 Å². The molecule has 0 spiro atoms. The molecule has 0 aromatic heterocycles. The summed E-state index contributed by atoms with van der Waals surface area (Å²) in [5, 5.41) is 7.58. The largest absolute Gasteiger partial charge is 0.356 e. The van der Waals surface area contributed by atoms with Gasteiger partial charge in [0.05, 0.1) is 0 Å². The van der Waals surface area contributed by atoms with Crippen molar-refractivity contribution < 1.29 is 0 Å². The predicted octanol–water partition coefficient (Wildman–Crippen LogP) is 3.10. The van der Waals surface area contributed by atoms with Crippen molar-refractivity contribution in [1.29, 1.82) is 0 Å². The summed E-state index contributed by atoms with van der Waals surface area (Å²) in [5.41, 5.74) is 0. The first-order chi connectivity index (χ1) is 8.22. The maximum Gasteiger partial charge on any atom is 0.191 e. The molecule has 0 bridgehead atoms. The van der Waals surface area contributed by atoms with Crippen LogP contribution < -0.4 is 10.6 Å². The van der Waals surface area contributed by atoms with Crippen LogP contribution in [0.25, 0.3) is 0 Å². The molecule has 1 unspecified atom stereocenters. The predicted molar refractivity (Wildman–Crippen MR) is 94.3 cm³/mol. The van der Waals surface area contributed by atoms with E-state index in [0.29, 0.717) is 0 Å². The lowest BCUT2D eigenvalue weighted by Gasteiger charge is -2.15. The maximum atomic E-state index is 4.25. The maximum absolute atomic E-state index is 4.25. The molecule has 1 saturated heterocycles. The van der Waals surface area contributed by atoms with Crippen LogP contribution in [0, 0.1) is 5.92 Å². The first kappa shape index (κ1) is 18.4. The van der Waals surface area contributed by atoms with Crippen molar-refractivity contribution in [2.75, 3.05) is 25.9 Å². The number of thioether (sulfide) groups is 1. The summed E-state index contributed by atoms with van der Waals surface area (Å²) in [4.78, 5) is 4.25. The van der Waals surface area contributed by atoms with Crippen LogP contribution in [0.2, 0.25) is 0 Å². The molecule has 0 aromatic rings. The molecule has 0 aliphatic carbocycles. The summed E-state index contributed by atoms with van der Waals surface area (Å²) in [5.74, 6) is 3.08. The third kappa shape index (κ3) is 8.45. The lowest BCUT2D eigenvalue weighted by atomic mass is 10.1. The zero-order valence-electron chi connectivity index (χ0n) is 11.9. The zero-order chi connectivity index (χ0) is 12.5. The summed E-state index contributed by atoms with van der Waals surface area (Å²) in [6, 6.07) is 0. The second-order valence-corrected chi connectivity index (χ2v) is 6.46. The molecular formula is C13H28IN3S. The average Bonchev–Trinajstić information content (AvgIpc) is 2.81. The standard InChI is InChI=1S/C13H27N3S.HI/c1-11(2)6-4-8-15-13(14-3)16-10-12-7-5-9-17-12;/h11-12H,4-10H2,1-3H3,(H2,14,15,16);1H. The fraction of sp³-hybridized carbons (Fsp3) is 0.923. The van der Waals surface area contributed by atoms with E-state index in [0.717, 1.165) is 30.2 Å². The molecule has 0 aromatic carbocycles. The van der Waals surface area contributed by atoms with E-state index in [1.54, 1.807) is 0 Å². The smallest absolute Gasteiger partial charge is 0.191 e. The van der Waals surface area contributed by atoms with Crippen molar-refractivity contribution in [3.63, 3.8) is 0 Å². The molecule has 1 aliphatic heterocycles. The average molecular weight is 385 g/mol. The molecule has 3 nitrogen and oxygen atoms in total. The molecule has 5 heteroatoms. The highest BCUT2D eigenvalue weighted by atomic mass is 127. The van der Waals surface area contributed by atoms with E-state index in [1.165, 1.54) is 31.4 Å². The normalized spacial score (nSPS) is 19.8. The van der Waals surface area contributed by atoms with Gasteiger partial charge in [0.2, 0.25) is 0 Å². The first-order valence-corrected chi connectivity index (χ1v) is 7.83. The SMILES string of the molecule is CN=C(NCCCC(C)C)NCC1CCCS1.I. The Bertz CT molecular complexity index is 228. The van der Waals surface area contributed by atoms with Gasteiger partial charge in [-0.15, -0.1) is 24.0 Å². The van der Waals surface area contributed by atoms with Crippen LogP contribution in [0.4, 0.5) is 0 Å². The molecule has 0 amide bonds. The summed E-state index contributed by atoms with van der Waals surface area (Å²) >= 11 is 2.08. The number of aliphatic imine (C=N–C) groups is 1. The number of halogens is 1. The third-order valence-electron chi connectivity index (χ3n) is 3.00. The van der Waals surface area contributed by atoms with Crippen molar-refractivity contribution in [1.82, 2.24) is 10.6 Å². The first-order valence-electron chi connectivity index (χ1n) is 6.78. The topological polar surface area (TPSA) is 36.4 Å². The van der Waals surface area contributed by atoms with Crippen LogP contribution in [0.1, 0.15) is 39.5 Å². The minimum atomic E-state index is 0. The van der Waals surface area contributed by atoms with Gasteiger partial charge in [-0.2, -0.15) is 11.8 Å². The lowest BCUT2D eigenvalue weighted by Crippen LogP contribution is -2.40. The van der Waals surface area contributed by atoms with Crippen molar-refractivity contribution in [2.45, 2.75) is 44.8 Å². The van der Waals surface area contributed by atoms with Crippen molar-refractivity contribution in [2.24, 2.45) is 10.9 Å². The van der Waals surface area contributed by atoms with Crippen LogP contribution in [0.5, 0.6) is 0 Å². The molecule has 0 saturated carbocycles. The quantitative estimate of drug-likeness (QED) is 0.319. The van der Waals surface area contributed by atoms with Gasteiger partial charge >= 0.3 is 0 Å². The number of nitrogens with one attached hydrogen (secondary N) is 2. The minimum absolute atomic E-state index is 0. The fourth-order valence-corrected chi connectivity index (χ4v) is 3.15. The molecule has 1 atom stereocenters. The Kier molecular flexibility index (Phi) is 11.4. The highest BCUT2D eigenvalue weighted by Crippen LogP contribution is 2.25. The number of nitrogens with zero attached hydrogens (tertiary/aromatic N) is 1. The van der Waals surface area contributed by atoms with Gasteiger partial charge in [0, 0.05) is 25.4 Å². The second-order valence-electron chi connectivity index (χ2n) is 5.05. The molecule has 1 aliphatic rings. The van der Waals surface area contributed by atoms with E-state index in [1.807, 2.05) is 7.05 Å². The Morgan fingerprint density at radius 3 is 2.72 bits per heavy atom. The number of hydrogen-bond acceptors (Lipinski definition) is 2. The number of hydrogen-bond donors (Lipinski definition) is 2. The van der Waals surface area contributed by atoms with Crippen molar-refractivity contribution in [3.8, 4) is 0 Å². The molecule has 108 valence electrons. The van der Waals surface area contributed by atoms with E-state index in [-0.39, 0.29) is 24.0 Å². The molecular weight excluding hydrogens is 357 g/mol. The minimum Gasteiger partial charge on any atom is -0.356 e. The van der Waals surface area contributed by atoms with E-state index in [4.69, 9.17) is 0 Å². The fourth-order valence-electron chi connectivity index (χ4n) is 1.95. The summed E-state index contributed by atoms with van der Waals surface area (Å²) in [6.45, 7) is 6.61. The molecule has 1 rings (SSSR count). The van der Waals surface area contributed by atoms with E-state index in [9.17, 15) is 0 Å². The lowest BCUT2D eigenvalue weighted by molar-refractivity contribution is 0.549. The molecule has 1 heterocycles. The van der Waals surface area contributed by atoms with Gasteiger partial charge in [0.15, 0.2) is 5.96 Å². The Hall–Kier alpha value is 0.350. The van der Waals surface area contributed by atoms with Gasteiger partial charge in [-0.25, -0.2) is 0 Å². The third-order valence-corrected chi connectivity index (χ3v) is 4.39. The summed E-state index contributed by atoms with van der Waals surface area (Å²) < 4.78 is 0. The van der Waals surface area contributed by atoms with Crippen LogP contribution in [-0.2, 0) is 0 Å². The number of guanidine groups is 1. The van der Waals surface area contributed by atoms with Crippen molar-refractivity contribution >= 4 is 41.7 Å². The number of rotatable bonds is 6. The van der Waals surface area contributed by atoms with E-state index < -0.39 is 0 Å².